The van der Waals surface area contributed by atoms with Gasteiger partial charge in [-0.05, 0) is 46.2 Å². The van der Waals surface area contributed by atoms with Gasteiger partial charge in [0.2, 0.25) is 0 Å². The first-order valence-electron chi connectivity index (χ1n) is 7.13. The van der Waals surface area contributed by atoms with E-state index >= 15 is 0 Å². The van der Waals surface area contributed by atoms with Crippen LogP contribution in [0.25, 0.3) is 0 Å². The molecule has 0 saturated heterocycles. The van der Waals surface area contributed by atoms with Gasteiger partial charge in [-0.3, -0.25) is 4.90 Å². The fraction of sp³-hybridized carbons (Fsp3) is 0.625. The average Bonchev–Trinajstić information content (AvgIpc) is 2.73. The summed E-state index contributed by atoms with van der Waals surface area (Å²) in [6, 6.07) is 4.56. The molecule has 0 aliphatic carbocycles. The third-order valence-corrected chi connectivity index (χ3v) is 4.37. The second-order valence-corrected chi connectivity index (χ2v) is 7.77. The highest BCUT2D eigenvalue weighted by molar-refractivity contribution is 7.11. The van der Waals surface area contributed by atoms with E-state index in [4.69, 9.17) is 0 Å². The maximum absolute atomic E-state index is 3.55. The Labute approximate surface area is 121 Å². The van der Waals surface area contributed by atoms with Crippen LogP contribution in [0.3, 0.4) is 0 Å². The fourth-order valence-corrected chi connectivity index (χ4v) is 3.30. The summed E-state index contributed by atoms with van der Waals surface area (Å²) in [5, 5.41) is 3.55. The van der Waals surface area contributed by atoms with E-state index < -0.39 is 0 Å². The van der Waals surface area contributed by atoms with Crippen molar-refractivity contribution in [1.29, 1.82) is 0 Å². The molecule has 0 atom stereocenters. The Morgan fingerprint density at radius 2 is 2.00 bits per heavy atom. The van der Waals surface area contributed by atoms with Gasteiger partial charge < -0.3 is 5.32 Å². The molecule has 0 radical (unpaired) electrons. The number of hydrogen-bond acceptors (Lipinski definition) is 3. The number of hydrogen-bond donors (Lipinski definition) is 1. The molecule has 2 heterocycles. The standard InChI is InChI=1S/C16H26N2S/c1-13-6-5-9-18(11-13)12-15-8-7-14(19-15)10-17-16(2,3)4/h6-8,17H,5,9-12H2,1-4H3. The zero-order valence-electron chi connectivity index (χ0n) is 12.6. The molecule has 106 valence electrons. The van der Waals surface area contributed by atoms with E-state index in [1.54, 1.807) is 0 Å². The summed E-state index contributed by atoms with van der Waals surface area (Å²) in [6.07, 6.45) is 3.57. The molecular weight excluding hydrogens is 252 g/mol. The van der Waals surface area contributed by atoms with Gasteiger partial charge in [0.05, 0.1) is 0 Å². The minimum atomic E-state index is 0.193. The van der Waals surface area contributed by atoms with Crippen LogP contribution >= 0.6 is 11.3 Å². The van der Waals surface area contributed by atoms with Crippen molar-refractivity contribution in [3.8, 4) is 0 Å². The molecule has 1 aliphatic rings. The van der Waals surface area contributed by atoms with Crippen molar-refractivity contribution in [1.82, 2.24) is 10.2 Å². The second-order valence-electron chi connectivity index (χ2n) is 6.52. The lowest BCUT2D eigenvalue weighted by molar-refractivity contribution is 0.285. The summed E-state index contributed by atoms with van der Waals surface area (Å²) in [5.41, 5.74) is 1.70. The van der Waals surface area contributed by atoms with Gasteiger partial charge in [-0.1, -0.05) is 11.6 Å². The highest BCUT2D eigenvalue weighted by Crippen LogP contribution is 2.21. The zero-order chi connectivity index (χ0) is 13.9. The molecule has 0 saturated carbocycles. The van der Waals surface area contributed by atoms with Gasteiger partial charge in [0.25, 0.3) is 0 Å². The Morgan fingerprint density at radius 3 is 2.68 bits per heavy atom. The molecule has 1 aromatic rings. The maximum atomic E-state index is 3.55. The fourth-order valence-electron chi connectivity index (χ4n) is 2.30. The van der Waals surface area contributed by atoms with Gasteiger partial charge in [-0.15, -0.1) is 11.3 Å². The van der Waals surface area contributed by atoms with E-state index in [1.165, 1.54) is 28.3 Å². The van der Waals surface area contributed by atoms with Gasteiger partial charge in [0.15, 0.2) is 0 Å². The van der Waals surface area contributed by atoms with E-state index in [9.17, 15) is 0 Å². The molecule has 2 rings (SSSR count). The Kier molecular flexibility index (Phi) is 4.82. The third-order valence-electron chi connectivity index (χ3n) is 3.30. The summed E-state index contributed by atoms with van der Waals surface area (Å²) in [4.78, 5) is 5.47. The van der Waals surface area contributed by atoms with Crippen molar-refractivity contribution in [2.45, 2.75) is 52.7 Å². The predicted octanol–water partition coefficient (Wildman–Crippen LogP) is 3.79. The Morgan fingerprint density at radius 1 is 1.26 bits per heavy atom. The lowest BCUT2D eigenvalue weighted by Gasteiger charge is -2.25. The second kappa shape index (κ2) is 6.21. The summed E-state index contributed by atoms with van der Waals surface area (Å²) >= 11 is 1.94. The number of nitrogens with zero attached hydrogens (tertiary/aromatic N) is 1. The molecule has 0 fully saturated rings. The van der Waals surface area contributed by atoms with Crippen molar-refractivity contribution in [3.63, 3.8) is 0 Å². The maximum Gasteiger partial charge on any atom is 0.0331 e. The van der Waals surface area contributed by atoms with E-state index in [-0.39, 0.29) is 5.54 Å². The van der Waals surface area contributed by atoms with Crippen LogP contribution in [0, 0.1) is 0 Å². The molecule has 1 aliphatic heterocycles. The molecule has 0 spiro atoms. The Bertz CT molecular complexity index is 440. The first kappa shape index (κ1) is 14.8. The van der Waals surface area contributed by atoms with Crippen LogP contribution in [-0.4, -0.2) is 23.5 Å². The van der Waals surface area contributed by atoms with Crippen molar-refractivity contribution in [3.05, 3.63) is 33.5 Å². The van der Waals surface area contributed by atoms with Crippen molar-refractivity contribution in [2.75, 3.05) is 13.1 Å². The van der Waals surface area contributed by atoms with Crippen LogP contribution in [0.4, 0.5) is 0 Å². The normalized spacial score (nSPS) is 17.6. The smallest absolute Gasteiger partial charge is 0.0331 e. The first-order chi connectivity index (χ1) is 8.92. The lowest BCUT2D eigenvalue weighted by Crippen LogP contribution is -2.34. The molecule has 0 amide bonds. The SMILES string of the molecule is CC1=CCCN(Cc2ccc(CNC(C)(C)C)s2)C1. The zero-order valence-corrected chi connectivity index (χ0v) is 13.4. The highest BCUT2D eigenvalue weighted by Gasteiger charge is 2.13. The van der Waals surface area contributed by atoms with Crippen LogP contribution in [0.5, 0.6) is 0 Å². The number of thiophene rings is 1. The number of rotatable bonds is 4. The van der Waals surface area contributed by atoms with Gasteiger partial charge in [0, 0.05) is 41.5 Å². The van der Waals surface area contributed by atoms with Crippen LogP contribution in [0.2, 0.25) is 0 Å². The minimum absolute atomic E-state index is 0.193. The Balaban J connectivity index is 1.85. The molecular formula is C16H26N2S. The molecule has 3 heteroatoms. The molecule has 0 bridgehead atoms. The Hall–Kier alpha value is -0.640. The summed E-state index contributed by atoms with van der Waals surface area (Å²) in [5.74, 6) is 0. The summed E-state index contributed by atoms with van der Waals surface area (Å²) < 4.78 is 0. The van der Waals surface area contributed by atoms with Gasteiger partial charge in [-0.2, -0.15) is 0 Å². The quantitative estimate of drug-likeness (QED) is 0.843. The topological polar surface area (TPSA) is 15.3 Å². The van der Waals surface area contributed by atoms with Gasteiger partial charge in [-0.25, -0.2) is 0 Å². The van der Waals surface area contributed by atoms with E-state index in [0.29, 0.717) is 0 Å². The van der Waals surface area contributed by atoms with Crippen molar-refractivity contribution in [2.24, 2.45) is 0 Å². The van der Waals surface area contributed by atoms with E-state index in [0.717, 1.165) is 19.6 Å². The monoisotopic (exact) mass is 278 g/mol. The average molecular weight is 278 g/mol. The summed E-state index contributed by atoms with van der Waals surface area (Å²) in [7, 11) is 0. The van der Waals surface area contributed by atoms with Crippen LogP contribution < -0.4 is 5.32 Å². The largest absolute Gasteiger partial charge is 0.307 e. The van der Waals surface area contributed by atoms with Gasteiger partial charge >= 0.3 is 0 Å². The molecule has 19 heavy (non-hydrogen) atoms. The highest BCUT2D eigenvalue weighted by atomic mass is 32.1. The van der Waals surface area contributed by atoms with E-state index in [2.05, 4.69) is 56.1 Å². The molecule has 0 unspecified atom stereocenters. The van der Waals surface area contributed by atoms with Crippen LogP contribution in [0.15, 0.2) is 23.8 Å². The molecule has 1 aromatic heterocycles. The van der Waals surface area contributed by atoms with Crippen LogP contribution in [-0.2, 0) is 13.1 Å². The third kappa shape index (κ3) is 5.09. The van der Waals surface area contributed by atoms with Gasteiger partial charge in [0.1, 0.15) is 0 Å². The predicted molar refractivity (Wildman–Crippen MR) is 84.6 cm³/mol. The van der Waals surface area contributed by atoms with E-state index in [1.807, 2.05) is 11.3 Å². The summed E-state index contributed by atoms with van der Waals surface area (Å²) in [6.45, 7) is 13.3. The lowest BCUT2D eigenvalue weighted by atomic mass is 10.1. The molecule has 0 aromatic carbocycles. The minimum Gasteiger partial charge on any atom is -0.307 e. The number of nitrogens with one attached hydrogen (secondary N) is 1. The first-order valence-corrected chi connectivity index (χ1v) is 7.95. The van der Waals surface area contributed by atoms with Crippen LogP contribution in [0.1, 0.15) is 43.9 Å². The molecule has 2 nitrogen and oxygen atoms in total. The van der Waals surface area contributed by atoms with Crippen molar-refractivity contribution >= 4 is 11.3 Å². The molecule has 1 N–H and O–H groups in total. The van der Waals surface area contributed by atoms with Crippen molar-refractivity contribution < 1.29 is 0 Å².